The van der Waals surface area contributed by atoms with E-state index >= 15 is 0 Å². The molecule has 0 heterocycles. The van der Waals surface area contributed by atoms with Gasteiger partial charge in [0.15, 0.2) is 0 Å². The third-order valence-electron chi connectivity index (χ3n) is 0.614. The highest BCUT2D eigenvalue weighted by molar-refractivity contribution is 4.48. The maximum atomic E-state index is 11.6. The highest BCUT2D eigenvalue weighted by Gasteiger charge is 2.21. The molecule has 0 aliphatic carbocycles. The lowest BCUT2D eigenvalue weighted by Crippen LogP contribution is -2.33. The summed E-state index contributed by atoms with van der Waals surface area (Å²) in [6, 6.07) is 0. The van der Waals surface area contributed by atoms with Crippen molar-refractivity contribution in [2.75, 3.05) is 13.2 Å². The minimum atomic E-state index is -3.56. The number of rotatable bonds is 5. The highest BCUT2D eigenvalue weighted by Crippen LogP contribution is 2.04. The van der Waals surface area contributed by atoms with Crippen molar-refractivity contribution in [1.29, 1.82) is 0 Å². The van der Waals surface area contributed by atoms with Crippen LogP contribution in [0.5, 0.6) is 0 Å². The first-order valence-electron chi connectivity index (χ1n) is 2.59. The summed E-state index contributed by atoms with van der Waals surface area (Å²) in [4.78, 5) is 0. The summed E-state index contributed by atoms with van der Waals surface area (Å²) >= 11 is 0. The lowest BCUT2D eigenvalue weighted by atomic mass is 10.8. The number of hydrogen-bond donors (Lipinski definition) is 1. The van der Waals surface area contributed by atoms with Crippen LogP contribution in [0.15, 0.2) is 12.8 Å². The first kappa shape index (κ1) is 9.32. The first-order chi connectivity index (χ1) is 4.56. The van der Waals surface area contributed by atoms with Crippen molar-refractivity contribution in [1.82, 2.24) is 0 Å². The maximum Gasteiger partial charge on any atom is 0.419 e. The molecular weight excluding hydrogens is 144 g/mol. The van der Waals surface area contributed by atoms with Gasteiger partial charge in [0.1, 0.15) is 6.61 Å². The van der Waals surface area contributed by atoms with Gasteiger partial charge in [0, 0.05) is 0 Å². The van der Waals surface area contributed by atoms with Crippen LogP contribution in [0, 0.1) is 0 Å². The Kier molecular flexibility index (Phi) is 3.90. The third kappa shape index (κ3) is 7.32. The summed E-state index contributed by atoms with van der Waals surface area (Å²) in [5, 5.41) is 0. The molecule has 3 nitrogen and oxygen atoms in total. The van der Waals surface area contributed by atoms with Crippen molar-refractivity contribution in [2.24, 2.45) is 5.73 Å². The molecule has 0 aromatic carbocycles. The molecule has 0 aromatic rings. The number of hydrogen-bond acceptors (Lipinski definition) is 3. The van der Waals surface area contributed by atoms with Crippen LogP contribution in [0.4, 0.5) is 8.78 Å². The zero-order valence-electron chi connectivity index (χ0n) is 5.35. The van der Waals surface area contributed by atoms with Crippen LogP contribution in [0.2, 0.25) is 0 Å². The van der Waals surface area contributed by atoms with Gasteiger partial charge in [-0.25, -0.2) is 5.73 Å². The van der Waals surface area contributed by atoms with Crippen LogP contribution in [0.3, 0.4) is 0 Å². The molecule has 0 bridgehead atoms. The van der Waals surface area contributed by atoms with Crippen LogP contribution in [-0.2, 0) is 9.47 Å². The van der Waals surface area contributed by atoms with E-state index < -0.39 is 6.23 Å². The lowest BCUT2D eigenvalue weighted by Gasteiger charge is -2.09. The number of alkyl halides is 2. The molecule has 0 fully saturated rings. The van der Waals surface area contributed by atoms with Gasteiger partial charge >= 0.3 is 6.23 Å². The highest BCUT2D eigenvalue weighted by atomic mass is 19.3. The molecule has 0 spiro atoms. The average Bonchev–Trinajstić information content (AvgIpc) is 1.78. The molecule has 2 N–H and O–H groups in total. The molecular formula is C5H9F2NO2. The van der Waals surface area contributed by atoms with E-state index in [1.165, 1.54) is 0 Å². The molecule has 0 radical (unpaired) electrons. The lowest BCUT2D eigenvalue weighted by molar-refractivity contribution is -0.236. The maximum absolute atomic E-state index is 11.6. The van der Waals surface area contributed by atoms with E-state index in [-0.39, 0.29) is 13.2 Å². The average molecular weight is 153 g/mol. The van der Waals surface area contributed by atoms with E-state index in [9.17, 15) is 8.78 Å². The molecule has 0 saturated carbocycles. The van der Waals surface area contributed by atoms with Crippen molar-refractivity contribution in [2.45, 2.75) is 6.23 Å². The molecule has 0 saturated heterocycles. The van der Waals surface area contributed by atoms with Crippen LogP contribution in [0.1, 0.15) is 0 Å². The zero-order valence-corrected chi connectivity index (χ0v) is 5.35. The second kappa shape index (κ2) is 4.19. The minimum absolute atomic E-state index is 0.0241. The minimum Gasteiger partial charge on any atom is -0.499 e. The van der Waals surface area contributed by atoms with Crippen molar-refractivity contribution in [3.8, 4) is 0 Å². The van der Waals surface area contributed by atoms with E-state index in [4.69, 9.17) is 0 Å². The van der Waals surface area contributed by atoms with Gasteiger partial charge in [-0.2, -0.15) is 8.78 Å². The van der Waals surface area contributed by atoms with E-state index in [1.54, 1.807) is 0 Å². The fourth-order valence-corrected chi connectivity index (χ4v) is 0.309. The molecule has 60 valence electrons. The molecule has 0 unspecified atom stereocenters. The summed E-state index contributed by atoms with van der Waals surface area (Å²) in [6.07, 6.45) is -2.43. The van der Waals surface area contributed by atoms with Gasteiger partial charge in [-0.1, -0.05) is 6.58 Å². The predicted octanol–water partition coefficient (Wildman–Crippen LogP) is 0.672. The zero-order chi connectivity index (χ0) is 8.04. The smallest absolute Gasteiger partial charge is 0.419 e. The normalized spacial score (nSPS) is 11.1. The molecule has 10 heavy (non-hydrogen) atoms. The van der Waals surface area contributed by atoms with Crippen molar-refractivity contribution in [3.63, 3.8) is 0 Å². The summed E-state index contributed by atoms with van der Waals surface area (Å²) in [7, 11) is 0. The van der Waals surface area contributed by atoms with Gasteiger partial charge in [0.05, 0.1) is 12.9 Å². The van der Waals surface area contributed by atoms with Gasteiger partial charge in [0.2, 0.25) is 0 Å². The predicted molar refractivity (Wildman–Crippen MR) is 31.2 cm³/mol. The van der Waals surface area contributed by atoms with Crippen molar-refractivity contribution in [3.05, 3.63) is 12.8 Å². The van der Waals surface area contributed by atoms with E-state index in [0.29, 0.717) is 0 Å². The van der Waals surface area contributed by atoms with Crippen LogP contribution in [0.25, 0.3) is 0 Å². The van der Waals surface area contributed by atoms with E-state index in [2.05, 4.69) is 21.8 Å². The van der Waals surface area contributed by atoms with Crippen LogP contribution >= 0.6 is 0 Å². The van der Waals surface area contributed by atoms with Gasteiger partial charge in [0.25, 0.3) is 0 Å². The third-order valence-corrected chi connectivity index (χ3v) is 0.614. The number of nitrogens with two attached hydrogens (primary N) is 1. The van der Waals surface area contributed by atoms with Crippen molar-refractivity contribution < 1.29 is 18.3 Å². The Hall–Kier alpha value is -0.680. The van der Waals surface area contributed by atoms with Gasteiger partial charge in [-0.3, -0.25) is 0 Å². The summed E-state index contributed by atoms with van der Waals surface area (Å²) in [6.45, 7) is 2.97. The Morgan fingerprint density at radius 2 is 2.10 bits per heavy atom. The number of ether oxygens (including phenoxy) is 2. The second-order valence-electron chi connectivity index (χ2n) is 1.45. The molecule has 0 amide bonds. The van der Waals surface area contributed by atoms with Gasteiger partial charge < -0.3 is 9.47 Å². The Balaban J connectivity index is 3.12. The van der Waals surface area contributed by atoms with Crippen molar-refractivity contribution >= 4 is 0 Å². The molecule has 5 heteroatoms. The monoisotopic (exact) mass is 153 g/mol. The molecule has 0 aliphatic heterocycles. The molecule has 0 aliphatic rings. The Morgan fingerprint density at radius 1 is 1.50 bits per heavy atom. The van der Waals surface area contributed by atoms with Gasteiger partial charge in [-0.15, -0.1) is 0 Å². The molecule has 0 atom stereocenters. The largest absolute Gasteiger partial charge is 0.499 e. The van der Waals surface area contributed by atoms with Crippen LogP contribution in [-0.4, -0.2) is 19.4 Å². The van der Waals surface area contributed by atoms with E-state index in [1.807, 2.05) is 0 Å². The van der Waals surface area contributed by atoms with E-state index in [0.717, 1.165) is 6.26 Å². The fraction of sp³-hybridized carbons (Fsp3) is 0.600. The molecule has 0 rings (SSSR count). The van der Waals surface area contributed by atoms with Gasteiger partial charge in [-0.05, 0) is 0 Å². The summed E-state index contributed by atoms with van der Waals surface area (Å²) in [5.41, 5.74) is 4.18. The molecule has 0 aromatic heterocycles. The number of halogens is 2. The Bertz CT molecular complexity index is 102. The standard InChI is InChI=1S/C5H9F2NO2/c1-2-9-3-4-10-5(6,7)8/h2H,1,3-4,8H2. The second-order valence-corrected chi connectivity index (χ2v) is 1.45. The quantitative estimate of drug-likeness (QED) is 0.273. The summed E-state index contributed by atoms with van der Waals surface area (Å²) in [5.74, 6) is 0. The fourth-order valence-electron chi connectivity index (χ4n) is 0.309. The first-order valence-corrected chi connectivity index (χ1v) is 2.59. The SMILES string of the molecule is C=COCCOC(N)(F)F. The summed E-state index contributed by atoms with van der Waals surface area (Å²) < 4.78 is 31.5. The topological polar surface area (TPSA) is 44.5 Å². The Morgan fingerprint density at radius 3 is 2.50 bits per heavy atom. The van der Waals surface area contributed by atoms with Crippen LogP contribution < -0.4 is 5.73 Å². The Labute approximate surface area is 57.4 Å².